The first-order chi connectivity index (χ1) is 13.2. The standard InChI is InChI=1S/C23H40O4/c24-17-21(12-15-22(25)14-11-19-7-3-1-4-8-19)18-27-23(26)16-13-20-9-5-2-6-10-20/h19-21,24H,1-18H2. The Morgan fingerprint density at radius 3 is 1.93 bits per heavy atom. The molecule has 0 aromatic rings. The van der Waals surface area contributed by atoms with Gasteiger partial charge < -0.3 is 9.84 Å². The Hall–Kier alpha value is -0.900. The highest BCUT2D eigenvalue weighted by molar-refractivity contribution is 5.78. The van der Waals surface area contributed by atoms with E-state index in [4.69, 9.17) is 4.74 Å². The van der Waals surface area contributed by atoms with Crippen LogP contribution in [0.3, 0.4) is 0 Å². The average Bonchev–Trinajstić information content (AvgIpc) is 2.72. The van der Waals surface area contributed by atoms with Crippen LogP contribution in [-0.4, -0.2) is 30.1 Å². The molecule has 0 bridgehead atoms. The van der Waals surface area contributed by atoms with Gasteiger partial charge in [-0.3, -0.25) is 9.59 Å². The van der Waals surface area contributed by atoms with Crippen LogP contribution in [0.2, 0.25) is 0 Å². The Morgan fingerprint density at radius 1 is 0.815 bits per heavy atom. The van der Waals surface area contributed by atoms with Crippen molar-refractivity contribution in [3.05, 3.63) is 0 Å². The third-order valence-corrected chi connectivity index (χ3v) is 6.61. The zero-order chi connectivity index (χ0) is 19.3. The maximum Gasteiger partial charge on any atom is 0.305 e. The number of aliphatic hydroxyl groups is 1. The van der Waals surface area contributed by atoms with Crippen molar-refractivity contribution >= 4 is 11.8 Å². The van der Waals surface area contributed by atoms with Crippen molar-refractivity contribution in [2.45, 2.75) is 103 Å². The maximum atomic E-state index is 12.1. The second-order valence-corrected chi connectivity index (χ2v) is 8.89. The molecule has 0 aromatic carbocycles. The minimum absolute atomic E-state index is 0.0220. The van der Waals surface area contributed by atoms with Crippen molar-refractivity contribution in [1.82, 2.24) is 0 Å². The molecule has 1 atom stereocenters. The zero-order valence-electron chi connectivity index (χ0n) is 17.1. The molecule has 4 nitrogen and oxygen atoms in total. The topological polar surface area (TPSA) is 63.6 Å². The summed E-state index contributed by atoms with van der Waals surface area (Å²) in [4.78, 5) is 24.1. The van der Waals surface area contributed by atoms with Crippen LogP contribution in [0.15, 0.2) is 0 Å². The van der Waals surface area contributed by atoms with Crippen LogP contribution in [0.4, 0.5) is 0 Å². The molecular weight excluding hydrogens is 340 g/mol. The lowest BCUT2D eigenvalue weighted by Crippen LogP contribution is -2.19. The first-order valence-electron chi connectivity index (χ1n) is 11.5. The van der Waals surface area contributed by atoms with Gasteiger partial charge in [-0.05, 0) is 31.1 Å². The van der Waals surface area contributed by atoms with Gasteiger partial charge in [0.15, 0.2) is 0 Å². The van der Waals surface area contributed by atoms with E-state index in [1.54, 1.807) is 0 Å². The van der Waals surface area contributed by atoms with E-state index in [-0.39, 0.29) is 25.1 Å². The summed E-state index contributed by atoms with van der Waals surface area (Å²) < 4.78 is 5.36. The van der Waals surface area contributed by atoms with Crippen LogP contribution in [0.1, 0.15) is 103 Å². The zero-order valence-corrected chi connectivity index (χ0v) is 17.1. The molecule has 0 spiro atoms. The van der Waals surface area contributed by atoms with Gasteiger partial charge in [0, 0.05) is 31.8 Å². The van der Waals surface area contributed by atoms with Gasteiger partial charge in [0.2, 0.25) is 0 Å². The van der Waals surface area contributed by atoms with Crippen LogP contribution in [0.5, 0.6) is 0 Å². The second kappa shape index (κ2) is 13.3. The van der Waals surface area contributed by atoms with Gasteiger partial charge in [0.05, 0.1) is 6.61 Å². The Labute approximate surface area is 165 Å². The lowest BCUT2D eigenvalue weighted by Gasteiger charge is -2.21. The summed E-state index contributed by atoms with van der Waals surface area (Å²) in [6.07, 6.45) is 17.2. The van der Waals surface area contributed by atoms with Gasteiger partial charge in [-0.1, -0.05) is 64.2 Å². The fourth-order valence-electron chi connectivity index (χ4n) is 4.64. The quantitative estimate of drug-likeness (QED) is 0.472. The second-order valence-electron chi connectivity index (χ2n) is 8.89. The smallest absolute Gasteiger partial charge is 0.305 e. The molecule has 0 aromatic heterocycles. The minimum Gasteiger partial charge on any atom is -0.465 e. The van der Waals surface area contributed by atoms with Gasteiger partial charge in [-0.2, -0.15) is 0 Å². The van der Waals surface area contributed by atoms with Gasteiger partial charge in [0.1, 0.15) is 5.78 Å². The summed E-state index contributed by atoms with van der Waals surface area (Å²) in [6.45, 7) is 0.224. The first-order valence-corrected chi connectivity index (χ1v) is 11.5. The van der Waals surface area contributed by atoms with Gasteiger partial charge in [-0.25, -0.2) is 0 Å². The molecule has 2 aliphatic carbocycles. The van der Waals surface area contributed by atoms with Crippen LogP contribution >= 0.6 is 0 Å². The predicted octanol–water partition coefficient (Wildman–Crippen LogP) is 5.21. The van der Waals surface area contributed by atoms with Crippen molar-refractivity contribution in [3.63, 3.8) is 0 Å². The SMILES string of the molecule is O=C(CCC1CCCCC1)CCC(CO)COC(=O)CCC1CCCCC1. The number of rotatable bonds is 12. The van der Waals surface area contributed by atoms with Crippen molar-refractivity contribution in [2.24, 2.45) is 17.8 Å². The van der Waals surface area contributed by atoms with Gasteiger partial charge >= 0.3 is 5.97 Å². The highest BCUT2D eigenvalue weighted by Crippen LogP contribution is 2.28. The largest absolute Gasteiger partial charge is 0.465 e. The fraction of sp³-hybridized carbons (Fsp3) is 0.913. The summed E-state index contributed by atoms with van der Waals surface area (Å²) >= 11 is 0. The molecule has 1 N–H and O–H groups in total. The fourth-order valence-corrected chi connectivity index (χ4v) is 4.64. The number of ether oxygens (including phenoxy) is 1. The van der Waals surface area contributed by atoms with E-state index in [9.17, 15) is 14.7 Å². The highest BCUT2D eigenvalue weighted by Gasteiger charge is 2.18. The van der Waals surface area contributed by atoms with Crippen molar-refractivity contribution in [3.8, 4) is 0 Å². The molecule has 27 heavy (non-hydrogen) atoms. The number of ketones is 1. The van der Waals surface area contributed by atoms with Crippen LogP contribution in [-0.2, 0) is 14.3 Å². The average molecular weight is 381 g/mol. The molecule has 1 unspecified atom stereocenters. The molecular formula is C23H40O4. The van der Waals surface area contributed by atoms with Gasteiger partial charge in [-0.15, -0.1) is 0 Å². The molecule has 2 aliphatic rings. The molecule has 156 valence electrons. The molecule has 0 heterocycles. The van der Waals surface area contributed by atoms with E-state index >= 15 is 0 Å². The van der Waals surface area contributed by atoms with E-state index in [1.165, 1.54) is 64.2 Å². The third kappa shape index (κ3) is 9.73. The van der Waals surface area contributed by atoms with Crippen molar-refractivity contribution in [2.75, 3.05) is 13.2 Å². The summed E-state index contributed by atoms with van der Waals surface area (Å²) in [5.74, 6) is 1.45. The molecule has 4 heteroatoms. The third-order valence-electron chi connectivity index (χ3n) is 6.61. The summed E-state index contributed by atoms with van der Waals surface area (Å²) in [6, 6.07) is 0. The number of esters is 1. The summed E-state index contributed by atoms with van der Waals surface area (Å²) in [5.41, 5.74) is 0. The monoisotopic (exact) mass is 380 g/mol. The molecule has 2 rings (SSSR count). The van der Waals surface area contributed by atoms with E-state index < -0.39 is 0 Å². The van der Waals surface area contributed by atoms with E-state index in [2.05, 4.69) is 0 Å². The first kappa shape index (κ1) is 22.4. The number of hydrogen-bond donors (Lipinski definition) is 1. The van der Waals surface area contributed by atoms with Crippen LogP contribution in [0.25, 0.3) is 0 Å². The lowest BCUT2D eigenvalue weighted by atomic mass is 9.85. The Kier molecular flexibility index (Phi) is 11.0. The predicted molar refractivity (Wildman–Crippen MR) is 107 cm³/mol. The van der Waals surface area contributed by atoms with E-state index in [0.29, 0.717) is 37.4 Å². The van der Waals surface area contributed by atoms with Crippen molar-refractivity contribution < 1.29 is 19.4 Å². The number of Topliss-reactive ketones (excluding diaryl/α,β-unsaturated/α-hetero) is 1. The van der Waals surface area contributed by atoms with E-state index in [1.807, 2.05) is 0 Å². The highest BCUT2D eigenvalue weighted by atomic mass is 16.5. The Balaban J connectivity index is 1.53. The Morgan fingerprint density at radius 2 is 1.37 bits per heavy atom. The van der Waals surface area contributed by atoms with Crippen molar-refractivity contribution in [1.29, 1.82) is 0 Å². The Bertz CT molecular complexity index is 384. The normalized spacial score (nSPS) is 20.3. The number of carbonyl (C=O) groups excluding carboxylic acids is 2. The lowest BCUT2D eigenvalue weighted by molar-refractivity contribution is -0.145. The minimum atomic E-state index is -0.150. The molecule has 0 saturated heterocycles. The molecule has 2 saturated carbocycles. The number of aliphatic hydroxyl groups excluding tert-OH is 1. The maximum absolute atomic E-state index is 12.1. The number of carbonyl (C=O) groups is 2. The molecule has 0 aliphatic heterocycles. The molecule has 2 fully saturated rings. The van der Waals surface area contributed by atoms with Crippen LogP contribution in [0, 0.1) is 17.8 Å². The van der Waals surface area contributed by atoms with Crippen LogP contribution < -0.4 is 0 Å². The molecule has 0 radical (unpaired) electrons. The van der Waals surface area contributed by atoms with E-state index in [0.717, 1.165) is 18.8 Å². The summed E-state index contributed by atoms with van der Waals surface area (Å²) in [7, 11) is 0. The number of hydrogen-bond acceptors (Lipinski definition) is 4. The summed E-state index contributed by atoms with van der Waals surface area (Å²) in [5, 5.41) is 9.52. The van der Waals surface area contributed by atoms with Gasteiger partial charge in [0.25, 0.3) is 0 Å². The molecule has 0 amide bonds.